The summed E-state index contributed by atoms with van der Waals surface area (Å²) in [4.78, 5) is 10.7. The molecule has 0 saturated carbocycles. The number of carboxylic acids is 1. The SMILES string of the molecule is CCCCCCCCC(CCCCCC)CC(F)C(=O)O. The minimum absolute atomic E-state index is 0.205. The fourth-order valence-corrected chi connectivity index (χ4v) is 2.85. The van der Waals surface area contributed by atoms with Crippen molar-refractivity contribution in [3.63, 3.8) is 0 Å². The van der Waals surface area contributed by atoms with E-state index in [1.165, 1.54) is 51.4 Å². The summed E-state index contributed by atoms with van der Waals surface area (Å²) in [6, 6.07) is 0. The van der Waals surface area contributed by atoms with Crippen LogP contribution in [0.1, 0.15) is 97.3 Å². The number of carboxylic acid groups (broad SMARTS) is 1. The maximum absolute atomic E-state index is 13.4. The highest BCUT2D eigenvalue weighted by atomic mass is 19.1. The van der Waals surface area contributed by atoms with Crippen molar-refractivity contribution in [2.75, 3.05) is 0 Å². The first-order chi connectivity index (χ1) is 10.1. The molecule has 0 heterocycles. The Morgan fingerprint density at radius 1 is 0.857 bits per heavy atom. The van der Waals surface area contributed by atoms with Crippen molar-refractivity contribution in [2.45, 2.75) is 103 Å². The average molecular weight is 302 g/mol. The molecule has 0 bridgehead atoms. The number of carbonyl (C=O) groups is 1. The Morgan fingerprint density at radius 3 is 1.76 bits per heavy atom. The zero-order valence-electron chi connectivity index (χ0n) is 14.1. The molecule has 0 aromatic carbocycles. The van der Waals surface area contributed by atoms with Crippen LogP contribution in [0.25, 0.3) is 0 Å². The molecule has 2 nitrogen and oxygen atoms in total. The smallest absolute Gasteiger partial charge is 0.338 e. The van der Waals surface area contributed by atoms with Crippen LogP contribution in [0.5, 0.6) is 0 Å². The average Bonchev–Trinajstić information content (AvgIpc) is 2.46. The van der Waals surface area contributed by atoms with Crippen LogP contribution in [0.4, 0.5) is 4.39 Å². The molecule has 2 unspecified atom stereocenters. The summed E-state index contributed by atoms with van der Waals surface area (Å²) in [5.41, 5.74) is 0. The lowest BCUT2D eigenvalue weighted by molar-refractivity contribution is -0.143. The normalized spacial score (nSPS) is 14.0. The molecule has 0 aliphatic rings. The lowest BCUT2D eigenvalue weighted by Crippen LogP contribution is -2.19. The maximum Gasteiger partial charge on any atom is 0.338 e. The van der Waals surface area contributed by atoms with Crippen LogP contribution in [-0.2, 0) is 4.79 Å². The van der Waals surface area contributed by atoms with E-state index < -0.39 is 12.1 Å². The Hall–Kier alpha value is -0.600. The molecule has 3 heteroatoms. The van der Waals surface area contributed by atoms with E-state index >= 15 is 0 Å². The van der Waals surface area contributed by atoms with Crippen LogP contribution in [-0.4, -0.2) is 17.2 Å². The molecule has 0 aromatic rings. The van der Waals surface area contributed by atoms with Gasteiger partial charge in [0.2, 0.25) is 0 Å². The van der Waals surface area contributed by atoms with E-state index in [1.807, 2.05) is 0 Å². The van der Waals surface area contributed by atoms with Crippen molar-refractivity contribution in [3.05, 3.63) is 0 Å². The van der Waals surface area contributed by atoms with E-state index in [-0.39, 0.29) is 12.3 Å². The number of unbranched alkanes of at least 4 members (excludes halogenated alkanes) is 8. The van der Waals surface area contributed by atoms with Gasteiger partial charge in [-0.1, -0.05) is 90.9 Å². The van der Waals surface area contributed by atoms with Gasteiger partial charge in [-0.25, -0.2) is 9.18 Å². The van der Waals surface area contributed by atoms with Crippen molar-refractivity contribution in [2.24, 2.45) is 5.92 Å². The summed E-state index contributed by atoms with van der Waals surface area (Å²) in [7, 11) is 0. The molecule has 0 radical (unpaired) electrons. The van der Waals surface area contributed by atoms with E-state index in [2.05, 4.69) is 13.8 Å². The predicted molar refractivity (Wildman–Crippen MR) is 87.4 cm³/mol. The van der Waals surface area contributed by atoms with Gasteiger partial charge in [0.1, 0.15) is 0 Å². The van der Waals surface area contributed by atoms with Crippen LogP contribution in [0.3, 0.4) is 0 Å². The van der Waals surface area contributed by atoms with E-state index in [0.717, 1.165) is 25.7 Å². The summed E-state index contributed by atoms with van der Waals surface area (Å²) < 4.78 is 13.4. The lowest BCUT2D eigenvalue weighted by atomic mass is 9.90. The molecule has 0 fully saturated rings. The first kappa shape index (κ1) is 20.4. The standard InChI is InChI=1S/C18H35FO2/c1-3-5-7-9-10-12-14-16(13-11-8-6-4-2)15-17(19)18(20)21/h16-17H,3-15H2,1-2H3,(H,20,21). The van der Waals surface area contributed by atoms with Gasteiger partial charge < -0.3 is 5.11 Å². The number of halogens is 1. The van der Waals surface area contributed by atoms with Gasteiger partial charge in [-0.2, -0.15) is 0 Å². The van der Waals surface area contributed by atoms with Crippen molar-refractivity contribution >= 4 is 5.97 Å². The van der Waals surface area contributed by atoms with E-state index in [0.29, 0.717) is 0 Å². The Morgan fingerprint density at radius 2 is 1.29 bits per heavy atom. The first-order valence-corrected chi connectivity index (χ1v) is 8.98. The van der Waals surface area contributed by atoms with Gasteiger partial charge in [0, 0.05) is 0 Å². The monoisotopic (exact) mass is 302 g/mol. The van der Waals surface area contributed by atoms with Gasteiger partial charge in [-0.15, -0.1) is 0 Å². The highest BCUT2D eigenvalue weighted by Gasteiger charge is 2.21. The molecule has 0 saturated heterocycles. The Bertz CT molecular complexity index is 243. The van der Waals surface area contributed by atoms with Gasteiger partial charge in [-0.05, 0) is 12.3 Å². The molecule has 1 N–H and O–H groups in total. The topological polar surface area (TPSA) is 37.3 Å². The van der Waals surface area contributed by atoms with Gasteiger partial charge in [-0.3, -0.25) is 0 Å². The molecule has 0 rings (SSSR count). The highest BCUT2D eigenvalue weighted by molar-refractivity contribution is 5.71. The number of aliphatic carboxylic acids is 1. The van der Waals surface area contributed by atoms with Crippen molar-refractivity contribution < 1.29 is 14.3 Å². The molecule has 0 amide bonds. The zero-order chi connectivity index (χ0) is 15.9. The lowest BCUT2D eigenvalue weighted by Gasteiger charge is -2.17. The third kappa shape index (κ3) is 12.8. The summed E-state index contributed by atoms with van der Waals surface area (Å²) >= 11 is 0. The first-order valence-electron chi connectivity index (χ1n) is 8.98. The zero-order valence-corrected chi connectivity index (χ0v) is 14.1. The summed E-state index contributed by atoms with van der Waals surface area (Å²) in [6.07, 6.45) is 12.6. The summed E-state index contributed by atoms with van der Waals surface area (Å²) in [6.45, 7) is 4.38. The van der Waals surface area contributed by atoms with Gasteiger partial charge in [0.15, 0.2) is 6.17 Å². The second kappa shape index (κ2) is 14.3. The van der Waals surface area contributed by atoms with E-state index in [1.54, 1.807) is 0 Å². The Kier molecular flexibility index (Phi) is 13.9. The van der Waals surface area contributed by atoms with Crippen molar-refractivity contribution in [3.8, 4) is 0 Å². The summed E-state index contributed by atoms with van der Waals surface area (Å²) in [5, 5.41) is 8.73. The fourth-order valence-electron chi connectivity index (χ4n) is 2.85. The number of rotatable bonds is 15. The third-order valence-corrected chi connectivity index (χ3v) is 4.24. The quantitative estimate of drug-likeness (QED) is 0.369. The molecule has 0 aromatic heterocycles. The molecule has 21 heavy (non-hydrogen) atoms. The Balaban J connectivity index is 3.91. The Labute approximate surface area is 130 Å². The molecule has 2 atom stereocenters. The van der Waals surface area contributed by atoms with Gasteiger partial charge in [0.05, 0.1) is 0 Å². The molecule has 126 valence electrons. The van der Waals surface area contributed by atoms with Crippen molar-refractivity contribution in [1.29, 1.82) is 0 Å². The van der Waals surface area contributed by atoms with Gasteiger partial charge >= 0.3 is 5.97 Å². The largest absolute Gasteiger partial charge is 0.479 e. The minimum atomic E-state index is -1.68. The number of hydrogen-bond donors (Lipinski definition) is 1. The maximum atomic E-state index is 13.4. The van der Waals surface area contributed by atoms with Gasteiger partial charge in [0.25, 0.3) is 0 Å². The minimum Gasteiger partial charge on any atom is -0.479 e. The second-order valence-corrected chi connectivity index (χ2v) is 6.31. The third-order valence-electron chi connectivity index (χ3n) is 4.24. The van der Waals surface area contributed by atoms with Crippen LogP contribution in [0.15, 0.2) is 0 Å². The number of hydrogen-bond acceptors (Lipinski definition) is 1. The second-order valence-electron chi connectivity index (χ2n) is 6.31. The van der Waals surface area contributed by atoms with Crippen LogP contribution in [0.2, 0.25) is 0 Å². The van der Waals surface area contributed by atoms with Crippen LogP contribution in [0, 0.1) is 5.92 Å². The predicted octanol–water partition coefficient (Wildman–Crippen LogP) is 6.14. The fraction of sp³-hybridized carbons (Fsp3) is 0.944. The number of alkyl halides is 1. The van der Waals surface area contributed by atoms with E-state index in [9.17, 15) is 9.18 Å². The highest BCUT2D eigenvalue weighted by Crippen LogP contribution is 2.24. The molecule has 0 spiro atoms. The molecular formula is C18H35FO2. The molecule has 0 aliphatic heterocycles. The van der Waals surface area contributed by atoms with E-state index in [4.69, 9.17) is 5.11 Å². The molecule has 0 aliphatic carbocycles. The van der Waals surface area contributed by atoms with Crippen molar-refractivity contribution in [1.82, 2.24) is 0 Å². The van der Waals surface area contributed by atoms with Crippen LogP contribution < -0.4 is 0 Å². The molecular weight excluding hydrogens is 267 g/mol. The summed E-state index contributed by atoms with van der Waals surface area (Å²) in [5.74, 6) is -1.05. The van der Waals surface area contributed by atoms with Crippen LogP contribution >= 0.6 is 0 Å².